The molecule has 0 aliphatic heterocycles. The molecule has 2 aromatic rings. The Labute approximate surface area is 236 Å². The van der Waals surface area contributed by atoms with Gasteiger partial charge in [-0.3, -0.25) is 33.5 Å². The van der Waals surface area contributed by atoms with Crippen LogP contribution in [0.5, 0.6) is 0 Å². The summed E-state index contributed by atoms with van der Waals surface area (Å²) in [7, 11) is 0. The maximum absolute atomic E-state index is 13.3. The molecule has 2 rings (SSSR count). The second-order valence-corrected chi connectivity index (χ2v) is 11.2. The molecule has 0 aromatic carbocycles. The lowest BCUT2D eigenvalue weighted by molar-refractivity contribution is -0.131. The van der Waals surface area contributed by atoms with Gasteiger partial charge >= 0.3 is 11.4 Å². The van der Waals surface area contributed by atoms with Gasteiger partial charge in [-0.05, 0) is 26.2 Å². The van der Waals surface area contributed by atoms with Gasteiger partial charge in [-0.15, -0.1) is 0 Å². The predicted octanol–water partition coefficient (Wildman–Crippen LogP) is 3.87. The van der Waals surface area contributed by atoms with Crippen LogP contribution >= 0.6 is 0 Å². The summed E-state index contributed by atoms with van der Waals surface area (Å²) in [5.41, 5.74) is -1.07. The maximum Gasteiger partial charge on any atom is 0.328 e. The summed E-state index contributed by atoms with van der Waals surface area (Å²) in [4.78, 5) is 67.4. The van der Waals surface area contributed by atoms with Crippen molar-refractivity contribution >= 4 is 5.91 Å². The van der Waals surface area contributed by atoms with Crippen LogP contribution in [0, 0.1) is 19.8 Å². The molecule has 10 nitrogen and oxygen atoms in total. The number of carbonyl (C=O) groups is 1. The Bertz CT molecular complexity index is 1210. The van der Waals surface area contributed by atoms with E-state index in [-0.39, 0.29) is 32.1 Å². The molecule has 0 aliphatic rings. The van der Waals surface area contributed by atoms with Gasteiger partial charge in [0.05, 0.1) is 0 Å². The Morgan fingerprint density at radius 3 is 1.68 bits per heavy atom. The van der Waals surface area contributed by atoms with E-state index in [4.69, 9.17) is 0 Å². The van der Waals surface area contributed by atoms with E-state index in [1.807, 2.05) is 0 Å². The molecule has 2 aromatic heterocycles. The fourth-order valence-electron chi connectivity index (χ4n) is 4.86. The Morgan fingerprint density at radius 1 is 0.750 bits per heavy atom. The van der Waals surface area contributed by atoms with Crippen molar-refractivity contribution in [3.8, 4) is 0 Å². The van der Waals surface area contributed by atoms with Gasteiger partial charge in [0.1, 0.15) is 0 Å². The highest BCUT2D eigenvalue weighted by atomic mass is 16.2. The average molecular weight is 560 g/mol. The van der Waals surface area contributed by atoms with E-state index in [0.717, 1.165) is 12.8 Å². The predicted molar refractivity (Wildman–Crippen MR) is 159 cm³/mol. The smallest absolute Gasteiger partial charge is 0.328 e. The van der Waals surface area contributed by atoms with Crippen LogP contribution in [0.1, 0.15) is 102 Å². The van der Waals surface area contributed by atoms with Gasteiger partial charge in [0.15, 0.2) is 0 Å². The molecule has 0 saturated heterocycles. The van der Waals surface area contributed by atoms with E-state index >= 15 is 0 Å². The number of aromatic amines is 2. The molecule has 1 unspecified atom stereocenters. The molecule has 1 amide bonds. The van der Waals surface area contributed by atoms with Gasteiger partial charge in [-0.2, -0.15) is 0 Å². The van der Waals surface area contributed by atoms with Gasteiger partial charge in [0, 0.05) is 56.1 Å². The lowest BCUT2D eigenvalue weighted by Gasteiger charge is -2.24. The molecular formula is C30H49N5O5. The molecule has 1 atom stereocenters. The average Bonchev–Trinajstić information content (AvgIpc) is 2.91. The van der Waals surface area contributed by atoms with Crippen LogP contribution < -0.4 is 22.5 Å². The van der Waals surface area contributed by atoms with Crippen molar-refractivity contribution in [1.82, 2.24) is 24.0 Å². The van der Waals surface area contributed by atoms with Gasteiger partial charge in [-0.25, -0.2) is 9.59 Å². The number of unbranched alkanes of at least 4 members (excludes halogenated alkanes) is 8. The highest BCUT2D eigenvalue weighted by Gasteiger charge is 2.16. The SMILES string of the molecule is CCCCCCCCCCCC(C)CCC(=O)N(CCn1cc(C)c(=O)[nH]c1=O)CCn1cc(C)c(=O)[nH]c1=O. The molecule has 224 valence electrons. The summed E-state index contributed by atoms with van der Waals surface area (Å²) in [5, 5.41) is 0. The zero-order valence-electron chi connectivity index (χ0n) is 24.9. The van der Waals surface area contributed by atoms with Crippen LogP contribution in [0.25, 0.3) is 0 Å². The van der Waals surface area contributed by atoms with E-state index in [9.17, 15) is 24.0 Å². The Balaban J connectivity index is 1.91. The molecule has 40 heavy (non-hydrogen) atoms. The van der Waals surface area contributed by atoms with E-state index in [1.54, 1.807) is 18.7 Å². The molecule has 2 N–H and O–H groups in total. The highest BCUT2D eigenvalue weighted by molar-refractivity contribution is 5.76. The van der Waals surface area contributed by atoms with Crippen LogP contribution in [-0.2, 0) is 17.9 Å². The third-order valence-electron chi connectivity index (χ3n) is 7.60. The number of nitrogens with one attached hydrogen (secondary N) is 2. The number of amides is 1. The topological polar surface area (TPSA) is 130 Å². The molecule has 0 spiro atoms. The van der Waals surface area contributed by atoms with Crippen LogP contribution in [0.4, 0.5) is 0 Å². The first-order valence-corrected chi connectivity index (χ1v) is 15.0. The van der Waals surface area contributed by atoms with E-state index in [2.05, 4.69) is 23.8 Å². The number of aromatic nitrogens is 4. The third kappa shape index (κ3) is 11.5. The van der Waals surface area contributed by atoms with E-state index in [1.165, 1.54) is 79.3 Å². The zero-order chi connectivity index (χ0) is 29.5. The van der Waals surface area contributed by atoms with Crippen molar-refractivity contribution in [3.05, 3.63) is 65.2 Å². The number of aryl methyl sites for hydroxylation is 2. The molecule has 0 saturated carbocycles. The van der Waals surface area contributed by atoms with Gasteiger partial charge in [-0.1, -0.05) is 78.1 Å². The van der Waals surface area contributed by atoms with Crippen molar-refractivity contribution in [1.29, 1.82) is 0 Å². The van der Waals surface area contributed by atoms with E-state index in [0.29, 0.717) is 23.5 Å². The molecule has 10 heteroatoms. The Hall–Kier alpha value is -3.17. The summed E-state index contributed by atoms with van der Waals surface area (Å²) in [6.07, 6.45) is 16.9. The monoisotopic (exact) mass is 559 g/mol. The summed E-state index contributed by atoms with van der Waals surface area (Å²) in [5.74, 6) is 0.395. The third-order valence-corrected chi connectivity index (χ3v) is 7.60. The number of nitrogens with zero attached hydrogens (tertiary/aromatic N) is 3. The quantitative estimate of drug-likeness (QED) is 0.252. The van der Waals surface area contributed by atoms with Crippen molar-refractivity contribution < 1.29 is 4.79 Å². The molecule has 2 heterocycles. The summed E-state index contributed by atoms with van der Waals surface area (Å²) >= 11 is 0. The van der Waals surface area contributed by atoms with Gasteiger partial charge < -0.3 is 4.90 Å². The number of carbonyl (C=O) groups excluding carboxylic acids is 1. The van der Waals surface area contributed by atoms with E-state index < -0.39 is 22.5 Å². The minimum atomic E-state index is -0.523. The van der Waals surface area contributed by atoms with Crippen LogP contribution in [0.3, 0.4) is 0 Å². The maximum atomic E-state index is 13.3. The highest BCUT2D eigenvalue weighted by Crippen LogP contribution is 2.17. The Kier molecular flexibility index (Phi) is 14.5. The fraction of sp³-hybridized carbons (Fsp3) is 0.700. The standard InChI is InChI=1S/C30H49N5O5/c1-5-6-7-8-9-10-11-12-13-14-23(2)15-16-26(36)33(17-19-34-21-24(3)27(37)31-29(34)39)18-20-35-22-25(4)28(38)32-30(35)40/h21-23H,5-20H2,1-4H3,(H,31,37,39)(H,32,38,40). The zero-order valence-corrected chi connectivity index (χ0v) is 24.9. The second kappa shape index (κ2) is 17.5. The normalized spacial score (nSPS) is 12.0. The largest absolute Gasteiger partial charge is 0.339 e. The molecule has 0 aliphatic carbocycles. The van der Waals surface area contributed by atoms with Crippen molar-refractivity contribution in [2.45, 2.75) is 118 Å². The van der Waals surface area contributed by atoms with Gasteiger partial charge in [0.2, 0.25) is 5.91 Å². The number of hydrogen-bond acceptors (Lipinski definition) is 5. The van der Waals surface area contributed by atoms with Crippen molar-refractivity contribution in [2.75, 3.05) is 13.1 Å². The molecule has 0 radical (unpaired) electrons. The molecule has 0 bridgehead atoms. The fourth-order valence-corrected chi connectivity index (χ4v) is 4.86. The van der Waals surface area contributed by atoms with Crippen LogP contribution in [-0.4, -0.2) is 43.0 Å². The minimum Gasteiger partial charge on any atom is -0.339 e. The molecular weight excluding hydrogens is 510 g/mol. The summed E-state index contributed by atoms with van der Waals surface area (Å²) < 4.78 is 2.78. The number of rotatable bonds is 19. The van der Waals surface area contributed by atoms with Crippen LogP contribution in [0.15, 0.2) is 31.6 Å². The molecule has 0 fully saturated rings. The first kappa shape index (κ1) is 33.0. The van der Waals surface area contributed by atoms with Crippen molar-refractivity contribution in [3.63, 3.8) is 0 Å². The second-order valence-electron chi connectivity index (χ2n) is 11.2. The van der Waals surface area contributed by atoms with Crippen LogP contribution in [0.2, 0.25) is 0 Å². The lowest BCUT2D eigenvalue weighted by Crippen LogP contribution is -2.41. The Morgan fingerprint density at radius 2 is 1.20 bits per heavy atom. The number of hydrogen-bond donors (Lipinski definition) is 2. The summed E-state index contributed by atoms with van der Waals surface area (Å²) in [6.45, 7) is 8.62. The van der Waals surface area contributed by atoms with Gasteiger partial charge in [0.25, 0.3) is 11.1 Å². The summed E-state index contributed by atoms with van der Waals surface area (Å²) in [6, 6.07) is 0. The lowest BCUT2D eigenvalue weighted by atomic mass is 9.97. The minimum absolute atomic E-state index is 0.0395. The first-order valence-electron chi connectivity index (χ1n) is 15.0. The first-order chi connectivity index (χ1) is 19.1. The number of H-pyrrole nitrogens is 2. The van der Waals surface area contributed by atoms with Crippen molar-refractivity contribution in [2.24, 2.45) is 5.92 Å².